The first-order chi connectivity index (χ1) is 17.9. The summed E-state index contributed by atoms with van der Waals surface area (Å²) in [5.74, 6) is 1.54. The van der Waals surface area contributed by atoms with Crippen molar-refractivity contribution in [3.8, 4) is 28.5 Å². The van der Waals surface area contributed by atoms with Gasteiger partial charge in [-0.25, -0.2) is 19.9 Å². The monoisotopic (exact) mass is 492 g/mol. The van der Waals surface area contributed by atoms with Gasteiger partial charge in [0, 0.05) is 42.3 Å². The van der Waals surface area contributed by atoms with Crippen LogP contribution in [0.25, 0.3) is 50.5 Å². The molecule has 37 heavy (non-hydrogen) atoms. The molecule has 0 saturated heterocycles. The predicted octanol–water partition coefficient (Wildman–Crippen LogP) is 4.44. The van der Waals surface area contributed by atoms with E-state index in [2.05, 4.69) is 40.4 Å². The van der Waals surface area contributed by atoms with Crippen molar-refractivity contribution < 1.29 is 4.79 Å². The molecule has 6 rings (SSSR count). The Morgan fingerprint density at radius 3 is 2.78 bits per heavy atom. The molecule has 0 spiro atoms. The number of carbonyl (C=O) groups excluding carboxylic acids is 1. The number of hydrogen-bond donors (Lipinski definition) is 3. The van der Waals surface area contributed by atoms with E-state index in [-0.39, 0.29) is 11.8 Å². The number of imidazole rings is 2. The number of nitrogens with one attached hydrogen (secondary N) is 3. The van der Waals surface area contributed by atoms with E-state index >= 15 is 0 Å². The van der Waals surface area contributed by atoms with Crippen LogP contribution in [0.5, 0.6) is 0 Å². The molecule has 184 valence electrons. The lowest BCUT2D eigenvalue weighted by Crippen LogP contribution is -2.13. The van der Waals surface area contributed by atoms with Crippen LogP contribution in [0.2, 0.25) is 0 Å². The first-order valence-corrected chi connectivity index (χ1v) is 11.9. The fraction of sp³-hybridized carbons (Fsp3) is 0.192. The van der Waals surface area contributed by atoms with Gasteiger partial charge in [-0.1, -0.05) is 13.8 Å². The number of rotatable bonds is 6. The van der Waals surface area contributed by atoms with Crippen LogP contribution in [0.3, 0.4) is 0 Å². The highest BCUT2D eigenvalue weighted by Crippen LogP contribution is 2.30. The minimum absolute atomic E-state index is 0.0377. The van der Waals surface area contributed by atoms with Crippen LogP contribution in [0, 0.1) is 12.8 Å². The average Bonchev–Trinajstić information content (AvgIpc) is 3.60. The molecule has 0 bridgehead atoms. The maximum absolute atomic E-state index is 12.2. The quantitative estimate of drug-likeness (QED) is 0.312. The van der Waals surface area contributed by atoms with Gasteiger partial charge in [0.1, 0.15) is 17.5 Å². The summed E-state index contributed by atoms with van der Waals surface area (Å²) in [5, 5.41) is 11.2. The zero-order valence-corrected chi connectivity index (χ0v) is 20.5. The summed E-state index contributed by atoms with van der Waals surface area (Å²) in [7, 11) is 0. The second-order valence-electron chi connectivity index (χ2n) is 9.34. The second kappa shape index (κ2) is 8.94. The Hall–Kier alpha value is -4.93. The normalized spacial score (nSPS) is 11.6. The molecule has 1 amide bonds. The van der Waals surface area contributed by atoms with Crippen LogP contribution < -0.4 is 5.32 Å². The molecule has 0 aliphatic carbocycles. The minimum Gasteiger partial charge on any atom is -0.336 e. The number of amides is 1. The molecule has 11 heteroatoms. The summed E-state index contributed by atoms with van der Waals surface area (Å²) in [6, 6.07) is 5.76. The van der Waals surface area contributed by atoms with Crippen LogP contribution in [0.4, 0.5) is 5.69 Å². The molecule has 6 heterocycles. The molecule has 0 fully saturated rings. The molecular weight excluding hydrogens is 468 g/mol. The largest absolute Gasteiger partial charge is 0.336 e. The third kappa shape index (κ3) is 4.31. The molecule has 0 aromatic carbocycles. The number of aromatic nitrogens is 9. The van der Waals surface area contributed by atoms with Gasteiger partial charge in [0.2, 0.25) is 5.91 Å². The van der Waals surface area contributed by atoms with E-state index in [1.165, 1.54) is 0 Å². The van der Waals surface area contributed by atoms with E-state index in [1.807, 2.05) is 49.7 Å². The lowest BCUT2D eigenvalue weighted by Gasteiger charge is -2.08. The number of pyridine rings is 3. The average molecular weight is 493 g/mol. The van der Waals surface area contributed by atoms with Crippen molar-refractivity contribution in [2.75, 3.05) is 5.32 Å². The van der Waals surface area contributed by atoms with Gasteiger partial charge < -0.3 is 10.3 Å². The van der Waals surface area contributed by atoms with Crippen LogP contribution in [-0.4, -0.2) is 50.6 Å². The van der Waals surface area contributed by atoms with Crippen molar-refractivity contribution in [2.24, 2.45) is 5.92 Å². The SMILES string of the molecule is Cc1cn(-c2nccc3[nH]c(-c4[nH]nc5ncc(-c6cncc(NC(=O)CC(C)C)c6)cc45)nc23)cn1. The van der Waals surface area contributed by atoms with Crippen molar-refractivity contribution in [1.82, 2.24) is 44.7 Å². The van der Waals surface area contributed by atoms with Crippen molar-refractivity contribution in [1.29, 1.82) is 0 Å². The van der Waals surface area contributed by atoms with E-state index in [9.17, 15) is 4.79 Å². The highest BCUT2D eigenvalue weighted by atomic mass is 16.1. The first-order valence-electron chi connectivity index (χ1n) is 11.9. The van der Waals surface area contributed by atoms with Gasteiger partial charge in [0.05, 0.1) is 28.5 Å². The van der Waals surface area contributed by atoms with Crippen molar-refractivity contribution in [3.05, 3.63) is 61.2 Å². The minimum atomic E-state index is -0.0377. The fourth-order valence-corrected chi connectivity index (χ4v) is 4.25. The first kappa shape index (κ1) is 22.5. The highest BCUT2D eigenvalue weighted by molar-refractivity contribution is 5.95. The van der Waals surface area contributed by atoms with Gasteiger partial charge >= 0.3 is 0 Å². The van der Waals surface area contributed by atoms with Crippen LogP contribution in [-0.2, 0) is 4.79 Å². The summed E-state index contributed by atoms with van der Waals surface area (Å²) in [4.78, 5) is 38.1. The third-order valence-corrected chi connectivity index (χ3v) is 5.93. The Bertz CT molecular complexity index is 1760. The summed E-state index contributed by atoms with van der Waals surface area (Å²) in [6.07, 6.45) is 10.9. The number of aromatic amines is 2. The lowest BCUT2D eigenvalue weighted by atomic mass is 10.1. The van der Waals surface area contributed by atoms with Crippen molar-refractivity contribution >= 4 is 33.7 Å². The Kier molecular flexibility index (Phi) is 5.44. The smallest absolute Gasteiger partial charge is 0.224 e. The zero-order valence-electron chi connectivity index (χ0n) is 20.5. The number of aryl methyl sites for hydroxylation is 1. The summed E-state index contributed by atoms with van der Waals surface area (Å²) in [6.45, 7) is 5.95. The van der Waals surface area contributed by atoms with Crippen molar-refractivity contribution in [2.45, 2.75) is 27.2 Å². The van der Waals surface area contributed by atoms with E-state index in [4.69, 9.17) is 4.98 Å². The standard InChI is InChI=1S/C26H24N10O/c1-14(2)6-21(37)31-18-7-16(9-27-11-18)17-8-19-22(34-35-24(19)29-10-17)25-32-20-4-5-28-26(23(20)33-25)36-12-15(3)30-13-36/h4-5,7-14H,6H2,1-3H3,(H,31,37)(H,32,33)(H,29,34,35). The molecule has 6 aromatic rings. The summed E-state index contributed by atoms with van der Waals surface area (Å²) >= 11 is 0. The molecule has 0 unspecified atom stereocenters. The lowest BCUT2D eigenvalue weighted by molar-refractivity contribution is -0.116. The Labute approximate surface area is 211 Å². The third-order valence-electron chi connectivity index (χ3n) is 5.93. The highest BCUT2D eigenvalue weighted by Gasteiger charge is 2.17. The molecule has 11 nitrogen and oxygen atoms in total. The van der Waals surface area contributed by atoms with Gasteiger partial charge in [-0.3, -0.25) is 19.4 Å². The molecule has 3 N–H and O–H groups in total. The number of hydrogen-bond acceptors (Lipinski definition) is 7. The maximum Gasteiger partial charge on any atom is 0.224 e. The van der Waals surface area contributed by atoms with Gasteiger partial charge in [0.25, 0.3) is 0 Å². The van der Waals surface area contributed by atoms with Crippen LogP contribution in [0.15, 0.2) is 55.5 Å². The molecule has 6 aromatic heterocycles. The molecule has 0 radical (unpaired) electrons. The van der Waals surface area contributed by atoms with Gasteiger partial charge in [-0.05, 0) is 31.0 Å². The van der Waals surface area contributed by atoms with Crippen LogP contribution in [0.1, 0.15) is 26.0 Å². The fourth-order valence-electron chi connectivity index (χ4n) is 4.25. The molecule has 0 aliphatic heterocycles. The van der Waals surface area contributed by atoms with E-state index in [1.54, 1.807) is 31.1 Å². The topological polar surface area (TPSA) is 143 Å². The number of nitrogens with zero attached hydrogens (tertiary/aromatic N) is 7. The number of fused-ring (bicyclic) bond motifs is 2. The van der Waals surface area contributed by atoms with E-state index in [0.717, 1.165) is 33.2 Å². The van der Waals surface area contributed by atoms with Gasteiger partial charge in [0.15, 0.2) is 17.3 Å². The Balaban J connectivity index is 1.38. The Morgan fingerprint density at radius 2 is 1.97 bits per heavy atom. The van der Waals surface area contributed by atoms with Crippen molar-refractivity contribution in [3.63, 3.8) is 0 Å². The zero-order chi connectivity index (χ0) is 25.5. The van der Waals surface area contributed by atoms with Gasteiger partial charge in [-0.2, -0.15) is 5.10 Å². The van der Waals surface area contributed by atoms with E-state index in [0.29, 0.717) is 35.1 Å². The molecule has 0 atom stereocenters. The maximum atomic E-state index is 12.2. The summed E-state index contributed by atoms with van der Waals surface area (Å²) < 4.78 is 1.85. The second-order valence-corrected chi connectivity index (χ2v) is 9.34. The number of anilines is 1. The number of H-pyrrole nitrogens is 2. The summed E-state index contributed by atoms with van der Waals surface area (Å²) in [5.41, 5.74) is 6.04. The van der Waals surface area contributed by atoms with E-state index < -0.39 is 0 Å². The van der Waals surface area contributed by atoms with Gasteiger partial charge in [-0.15, -0.1) is 0 Å². The number of carbonyl (C=O) groups is 1. The molecular formula is C26H24N10O. The molecule has 0 saturated carbocycles. The molecule has 0 aliphatic rings. The van der Waals surface area contributed by atoms with Crippen LogP contribution >= 0.6 is 0 Å². The Morgan fingerprint density at radius 1 is 1.11 bits per heavy atom. The predicted molar refractivity (Wildman–Crippen MR) is 140 cm³/mol.